The highest BCUT2D eigenvalue weighted by molar-refractivity contribution is 5.95. The fraction of sp³-hybridized carbons (Fsp3) is 0.409. The second-order valence-electron chi connectivity index (χ2n) is 6.94. The molecule has 28 heavy (non-hydrogen) atoms. The van der Waals surface area contributed by atoms with E-state index in [1.54, 1.807) is 6.92 Å². The summed E-state index contributed by atoms with van der Waals surface area (Å²) in [4.78, 5) is 34.8. The second kappa shape index (κ2) is 10.4. The van der Waals surface area contributed by atoms with Crippen LogP contribution in [0.3, 0.4) is 0 Å². The summed E-state index contributed by atoms with van der Waals surface area (Å²) in [7, 11) is 0. The molecule has 0 aromatic heterocycles. The van der Waals surface area contributed by atoms with Gasteiger partial charge >= 0.3 is 17.9 Å². The van der Waals surface area contributed by atoms with Gasteiger partial charge in [-0.05, 0) is 58.6 Å². The van der Waals surface area contributed by atoms with Crippen LogP contribution in [0.4, 0.5) is 0 Å². The van der Waals surface area contributed by atoms with Crippen LogP contribution >= 0.6 is 0 Å². The quantitative estimate of drug-likeness (QED) is 0.392. The maximum Gasteiger partial charge on any atom is 0.339 e. The van der Waals surface area contributed by atoms with E-state index >= 15 is 0 Å². The molecule has 152 valence electrons. The first kappa shape index (κ1) is 23.1. The number of aryl methyl sites for hydroxylation is 1. The first-order valence-corrected chi connectivity index (χ1v) is 9.08. The van der Waals surface area contributed by atoms with Gasteiger partial charge in [-0.1, -0.05) is 23.3 Å². The molecule has 0 heterocycles. The number of carboxylic acid groups (broad SMARTS) is 1. The highest BCUT2D eigenvalue weighted by Crippen LogP contribution is 2.36. The van der Waals surface area contributed by atoms with Gasteiger partial charge in [0.25, 0.3) is 0 Å². The zero-order chi connectivity index (χ0) is 21.4. The van der Waals surface area contributed by atoms with Gasteiger partial charge < -0.3 is 14.6 Å². The van der Waals surface area contributed by atoms with Crippen molar-refractivity contribution in [3.8, 4) is 11.5 Å². The predicted octanol–water partition coefficient (Wildman–Crippen LogP) is 4.78. The summed E-state index contributed by atoms with van der Waals surface area (Å²) in [5.41, 5.74) is 2.92. The molecule has 1 aromatic rings. The number of hydrogen-bond donors (Lipinski definition) is 1. The normalized spacial score (nSPS) is 11.0. The van der Waals surface area contributed by atoms with E-state index in [4.69, 9.17) is 9.47 Å². The van der Waals surface area contributed by atoms with E-state index in [-0.39, 0.29) is 23.5 Å². The van der Waals surface area contributed by atoms with Crippen molar-refractivity contribution in [2.24, 2.45) is 0 Å². The molecule has 0 saturated heterocycles. The van der Waals surface area contributed by atoms with Crippen molar-refractivity contribution in [3.63, 3.8) is 0 Å². The van der Waals surface area contributed by atoms with Crippen LogP contribution in [0.15, 0.2) is 29.4 Å². The van der Waals surface area contributed by atoms with Gasteiger partial charge in [0.05, 0.1) is 0 Å². The molecule has 6 heteroatoms. The molecule has 0 fully saturated rings. The van der Waals surface area contributed by atoms with E-state index in [1.807, 2.05) is 26.8 Å². The summed E-state index contributed by atoms with van der Waals surface area (Å²) in [5.74, 6) is -2.29. The molecule has 0 radical (unpaired) electrons. The number of rotatable bonds is 8. The van der Waals surface area contributed by atoms with E-state index in [1.165, 1.54) is 25.5 Å². The molecule has 1 N–H and O–H groups in total. The molecule has 0 bridgehead atoms. The summed E-state index contributed by atoms with van der Waals surface area (Å²) >= 11 is 0. The number of carbonyl (C=O) groups excluding carboxylic acids is 2. The summed E-state index contributed by atoms with van der Waals surface area (Å²) in [6.45, 7) is 10.1. The Hall–Kier alpha value is -2.89. The Morgan fingerprint density at radius 2 is 1.61 bits per heavy atom. The minimum Gasteiger partial charge on any atom is -0.478 e. The van der Waals surface area contributed by atoms with Crippen LogP contribution < -0.4 is 9.47 Å². The maximum absolute atomic E-state index is 11.7. The first-order chi connectivity index (χ1) is 13.0. The molecule has 1 rings (SSSR count). The monoisotopic (exact) mass is 388 g/mol. The van der Waals surface area contributed by atoms with Crippen LogP contribution in [0.2, 0.25) is 0 Å². The van der Waals surface area contributed by atoms with Crippen molar-refractivity contribution in [2.75, 3.05) is 0 Å². The third-order valence-corrected chi connectivity index (χ3v) is 4.00. The third kappa shape index (κ3) is 7.02. The Morgan fingerprint density at radius 3 is 2.11 bits per heavy atom. The lowest BCUT2D eigenvalue weighted by atomic mass is 9.98. The Bertz CT molecular complexity index is 826. The van der Waals surface area contributed by atoms with E-state index in [2.05, 4.69) is 6.08 Å². The summed E-state index contributed by atoms with van der Waals surface area (Å²) in [6, 6.07) is 1.49. The van der Waals surface area contributed by atoms with E-state index < -0.39 is 17.9 Å². The van der Waals surface area contributed by atoms with Crippen molar-refractivity contribution in [2.45, 2.75) is 60.8 Å². The smallest absolute Gasteiger partial charge is 0.339 e. The third-order valence-electron chi connectivity index (χ3n) is 4.00. The SMILES string of the molecule is CC(=O)Oc1cc(C)c(C(=O)O)c(OC(C)=O)c1C/C=C(/C)CCC=C(C)C. The van der Waals surface area contributed by atoms with Gasteiger partial charge in [-0.15, -0.1) is 0 Å². The average Bonchev–Trinajstić information content (AvgIpc) is 2.52. The molecule has 6 nitrogen and oxygen atoms in total. The lowest BCUT2D eigenvalue weighted by Gasteiger charge is -2.17. The number of carbonyl (C=O) groups is 3. The van der Waals surface area contributed by atoms with Gasteiger partial charge in [-0.2, -0.15) is 0 Å². The zero-order valence-electron chi connectivity index (χ0n) is 17.3. The predicted molar refractivity (Wildman–Crippen MR) is 107 cm³/mol. The van der Waals surface area contributed by atoms with Crippen molar-refractivity contribution in [1.82, 2.24) is 0 Å². The van der Waals surface area contributed by atoms with E-state index in [0.29, 0.717) is 11.1 Å². The molecule has 0 unspecified atom stereocenters. The fourth-order valence-electron chi connectivity index (χ4n) is 2.73. The van der Waals surface area contributed by atoms with Gasteiger partial charge in [-0.25, -0.2) is 4.79 Å². The largest absolute Gasteiger partial charge is 0.478 e. The topological polar surface area (TPSA) is 89.9 Å². The molecule has 0 aliphatic heterocycles. The molecule has 0 aliphatic carbocycles. The molecular weight excluding hydrogens is 360 g/mol. The number of hydrogen-bond acceptors (Lipinski definition) is 5. The van der Waals surface area contributed by atoms with Crippen LogP contribution in [0.25, 0.3) is 0 Å². The Labute approximate surface area is 165 Å². The fourth-order valence-corrected chi connectivity index (χ4v) is 2.73. The molecule has 0 amide bonds. The lowest BCUT2D eigenvalue weighted by molar-refractivity contribution is -0.132. The van der Waals surface area contributed by atoms with Crippen LogP contribution in [-0.4, -0.2) is 23.0 Å². The molecule has 0 saturated carbocycles. The van der Waals surface area contributed by atoms with Gasteiger partial charge in [0.2, 0.25) is 0 Å². The Balaban J connectivity index is 3.43. The number of allylic oxidation sites excluding steroid dienone is 4. The summed E-state index contributed by atoms with van der Waals surface area (Å²) in [6.07, 6.45) is 6.07. The number of carboxylic acids is 1. The minimum absolute atomic E-state index is 0.0791. The standard InChI is InChI=1S/C22H28O6/c1-13(2)8-7-9-14(3)10-11-18-19(27-16(5)23)12-15(4)20(22(25)26)21(18)28-17(6)24/h8,10,12H,7,9,11H2,1-6H3,(H,25,26)/b14-10-. The summed E-state index contributed by atoms with van der Waals surface area (Å²) < 4.78 is 10.5. The minimum atomic E-state index is -1.21. The van der Waals surface area contributed by atoms with Crippen LogP contribution in [-0.2, 0) is 16.0 Å². The van der Waals surface area contributed by atoms with Gasteiger partial charge in [0, 0.05) is 19.4 Å². The van der Waals surface area contributed by atoms with Gasteiger partial charge in [0.15, 0.2) is 5.75 Å². The van der Waals surface area contributed by atoms with Crippen LogP contribution in [0.1, 0.15) is 68.9 Å². The Kier molecular flexibility index (Phi) is 8.64. The first-order valence-electron chi connectivity index (χ1n) is 9.08. The highest BCUT2D eigenvalue weighted by atomic mass is 16.5. The number of ether oxygens (including phenoxy) is 2. The van der Waals surface area contributed by atoms with Crippen molar-refractivity contribution in [3.05, 3.63) is 46.1 Å². The van der Waals surface area contributed by atoms with Gasteiger partial charge in [0.1, 0.15) is 11.3 Å². The van der Waals surface area contributed by atoms with E-state index in [0.717, 1.165) is 18.4 Å². The molecule has 0 atom stereocenters. The van der Waals surface area contributed by atoms with Crippen molar-refractivity contribution >= 4 is 17.9 Å². The zero-order valence-corrected chi connectivity index (χ0v) is 17.3. The highest BCUT2D eigenvalue weighted by Gasteiger charge is 2.24. The van der Waals surface area contributed by atoms with Crippen molar-refractivity contribution < 1.29 is 29.0 Å². The van der Waals surface area contributed by atoms with Crippen molar-refractivity contribution in [1.29, 1.82) is 0 Å². The Morgan fingerprint density at radius 1 is 1.00 bits per heavy atom. The molecule has 1 aromatic carbocycles. The number of benzene rings is 1. The lowest BCUT2D eigenvalue weighted by Crippen LogP contribution is -2.14. The molecule has 0 aliphatic rings. The second-order valence-corrected chi connectivity index (χ2v) is 6.94. The number of esters is 2. The molecular formula is C22H28O6. The number of aromatic carboxylic acids is 1. The van der Waals surface area contributed by atoms with Gasteiger partial charge in [-0.3, -0.25) is 9.59 Å². The maximum atomic E-state index is 11.7. The van der Waals surface area contributed by atoms with E-state index in [9.17, 15) is 19.5 Å². The molecule has 0 spiro atoms. The average molecular weight is 388 g/mol. The van der Waals surface area contributed by atoms with Crippen LogP contribution in [0, 0.1) is 6.92 Å². The van der Waals surface area contributed by atoms with Crippen LogP contribution in [0.5, 0.6) is 11.5 Å². The summed E-state index contributed by atoms with van der Waals surface area (Å²) in [5, 5.41) is 9.58.